The molecule has 1 aromatic rings. The first-order valence-corrected chi connectivity index (χ1v) is 4.75. The minimum Gasteiger partial charge on any atom is -0.481 e. The molecule has 4 heteroatoms. The topological polar surface area (TPSA) is 60.8 Å². The Morgan fingerprint density at radius 1 is 1.40 bits per heavy atom. The lowest BCUT2D eigenvalue weighted by Gasteiger charge is -2.21. The zero-order valence-corrected chi connectivity index (χ0v) is 8.63. The number of carbonyl (C=O) groups is 1. The summed E-state index contributed by atoms with van der Waals surface area (Å²) in [5.74, 6) is -0.982. The van der Waals surface area contributed by atoms with E-state index in [1.165, 1.54) is 0 Å². The maximum Gasteiger partial charge on any atom is 0.306 e. The SMILES string of the molecule is CN(CC(O)CC(=O)O)c1ccccc1. The number of aliphatic carboxylic acids is 1. The van der Waals surface area contributed by atoms with Crippen molar-refractivity contribution in [1.82, 2.24) is 0 Å². The third kappa shape index (κ3) is 3.99. The van der Waals surface area contributed by atoms with Crippen molar-refractivity contribution >= 4 is 11.7 Å². The van der Waals surface area contributed by atoms with Gasteiger partial charge in [0.1, 0.15) is 0 Å². The number of benzene rings is 1. The Balaban J connectivity index is 2.49. The fourth-order valence-electron chi connectivity index (χ4n) is 1.37. The molecule has 0 aromatic heterocycles. The number of hydrogen-bond acceptors (Lipinski definition) is 3. The fourth-order valence-corrected chi connectivity index (χ4v) is 1.37. The molecule has 0 aliphatic rings. The Hall–Kier alpha value is -1.55. The van der Waals surface area contributed by atoms with Crippen LogP contribution in [0, 0.1) is 0 Å². The third-order valence-electron chi connectivity index (χ3n) is 2.09. The maximum atomic E-state index is 10.3. The predicted octanol–water partition coefficient (Wildman–Crippen LogP) is 0.958. The number of aliphatic hydroxyl groups excluding tert-OH is 1. The van der Waals surface area contributed by atoms with E-state index < -0.39 is 12.1 Å². The number of anilines is 1. The highest BCUT2D eigenvalue weighted by Crippen LogP contribution is 2.11. The van der Waals surface area contributed by atoms with Crippen LogP contribution in [0.15, 0.2) is 30.3 Å². The molecular weight excluding hydrogens is 194 g/mol. The molecular formula is C11H15NO3. The van der Waals surface area contributed by atoms with Crippen LogP contribution >= 0.6 is 0 Å². The van der Waals surface area contributed by atoms with Gasteiger partial charge < -0.3 is 15.1 Å². The zero-order valence-electron chi connectivity index (χ0n) is 8.63. The van der Waals surface area contributed by atoms with Gasteiger partial charge in [0, 0.05) is 19.3 Å². The summed E-state index contributed by atoms with van der Waals surface area (Å²) in [6.45, 7) is 0.316. The van der Waals surface area contributed by atoms with Crippen molar-refractivity contribution in [3.8, 4) is 0 Å². The summed E-state index contributed by atoms with van der Waals surface area (Å²) in [5, 5.41) is 17.9. The molecule has 4 nitrogen and oxygen atoms in total. The molecule has 0 saturated carbocycles. The van der Waals surface area contributed by atoms with Gasteiger partial charge in [-0.1, -0.05) is 18.2 Å². The second kappa shape index (κ2) is 5.36. The van der Waals surface area contributed by atoms with E-state index in [0.29, 0.717) is 6.54 Å². The number of rotatable bonds is 5. The maximum absolute atomic E-state index is 10.3. The molecule has 0 fully saturated rings. The third-order valence-corrected chi connectivity index (χ3v) is 2.09. The smallest absolute Gasteiger partial charge is 0.306 e. The number of carboxylic acid groups (broad SMARTS) is 1. The van der Waals surface area contributed by atoms with Crippen molar-refractivity contribution < 1.29 is 15.0 Å². The molecule has 2 N–H and O–H groups in total. The van der Waals surface area contributed by atoms with Gasteiger partial charge in [0.25, 0.3) is 0 Å². The molecule has 15 heavy (non-hydrogen) atoms. The molecule has 1 aromatic carbocycles. The number of nitrogens with zero attached hydrogens (tertiary/aromatic N) is 1. The summed E-state index contributed by atoms with van der Waals surface area (Å²) in [5.41, 5.74) is 0.960. The van der Waals surface area contributed by atoms with Gasteiger partial charge in [-0.05, 0) is 12.1 Å². The lowest BCUT2D eigenvalue weighted by molar-refractivity contribution is -0.139. The molecule has 0 amide bonds. The first kappa shape index (κ1) is 11.5. The van der Waals surface area contributed by atoms with Gasteiger partial charge in [0.05, 0.1) is 12.5 Å². The average Bonchev–Trinajstić information content (AvgIpc) is 2.17. The van der Waals surface area contributed by atoms with E-state index >= 15 is 0 Å². The van der Waals surface area contributed by atoms with Gasteiger partial charge in [0.15, 0.2) is 0 Å². The van der Waals surface area contributed by atoms with Crippen LogP contribution in [-0.4, -0.2) is 35.9 Å². The van der Waals surface area contributed by atoms with Crippen molar-refractivity contribution in [1.29, 1.82) is 0 Å². The van der Waals surface area contributed by atoms with E-state index in [-0.39, 0.29) is 6.42 Å². The Kier molecular flexibility index (Phi) is 4.12. The number of aliphatic hydroxyl groups is 1. The van der Waals surface area contributed by atoms with E-state index in [0.717, 1.165) is 5.69 Å². The second-order valence-corrected chi connectivity index (χ2v) is 3.47. The second-order valence-electron chi connectivity index (χ2n) is 3.47. The number of hydrogen-bond donors (Lipinski definition) is 2. The molecule has 0 spiro atoms. The number of likely N-dealkylation sites (N-methyl/N-ethyl adjacent to an activating group) is 1. The largest absolute Gasteiger partial charge is 0.481 e. The molecule has 1 unspecified atom stereocenters. The highest BCUT2D eigenvalue weighted by Gasteiger charge is 2.12. The van der Waals surface area contributed by atoms with Crippen molar-refractivity contribution in [3.05, 3.63) is 30.3 Å². The zero-order chi connectivity index (χ0) is 11.3. The van der Waals surface area contributed by atoms with E-state index in [2.05, 4.69) is 0 Å². The summed E-state index contributed by atoms with van der Waals surface area (Å²) in [6.07, 6.45) is -1.07. The van der Waals surface area contributed by atoms with E-state index in [4.69, 9.17) is 5.11 Å². The van der Waals surface area contributed by atoms with Crippen LogP contribution < -0.4 is 4.90 Å². The molecule has 1 rings (SSSR count). The van der Waals surface area contributed by atoms with Gasteiger partial charge in [-0.2, -0.15) is 0 Å². The van der Waals surface area contributed by atoms with Crippen molar-refractivity contribution in [2.45, 2.75) is 12.5 Å². The Morgan fingerprint density at radius 2 is 2.00 bits per heavy atom. The number of carboxylic acids is 1. The van der Waals surface area contributed by atoms with Crippen LogP contribution in [0.5, 0.6) is 0 Å². The van der Waals surface area contributed by atoms with Crippen LogP contribution in [-0.2, 0) is 4.79 Å². The van der Waals surface area contributed by atoms with Gasteiger partial charge in [-0.15, -0.1) is 0 Å². The Labute approximate surface area is 88.8 Å². The van der Waals surface area contributed by atoms with Gasteiger partial charge in [-0.3, -0.25) is 4.79 Å². The van der Waals surface area contributed by atoms with Gasteiger partial charge in [0.2, 0.25) is 0 Å². The first-order valence-electron chi connectivity index (χ1n) is 4.75. The first-order chi connectivity index (χ1) is 7.09. The minimum absolute atomic E-state index is 0.225. The highest BCUT2D eigenvalue weighted by molar-refractivity contribution is 5.67. The highest BCUT2D eigenvalue weighted by atomic mass is 16.4. The molecule has 0 radical (unpaired) electrons. The quantitative estimate of drug-likeness (QED) is 0.758. The molecule has 82 valence electrons. The predicted molar refractivity (Wildman–Crippen MR) is 58.0 cm³/mol. The lowest BCUT2D eigenvalue weighted by atomic mass is 10.2. The van der Waals surface area contributed by atoms with Crippen LogP contribution in [0.3, 0.4) is 0 Å². The molecule has 1 atom stereocenters. The molecule has 0 aliphatic carbocycles. The van der Waals surface area contributed by atoms with Crippen LogP contribution in [0.4, 0.5) is 5.69 Å². The summed E-state index contributed by atoms with van der Waals surface area (Å²) in [4.78, 5) is 12.2. The van der Waals surface area contributed by atoms with Crippen LogP contribution in [0.2, 0.25) is 0 Å². The number of para-hydroxylation sites is 1. The standard InChI is InChI=1S/C11H15NO3/c1-12(8-10(13)7-11(14)15)9-5-3-2-4-6-9/h2-6,10,13H,7-8H2,1H3,(H,14,15). The lowest BCUT2D eigenvalue weighted by Crippen LogP contribution is -2.30. The summed E-state index contributed by atoms with van der Waals surface area (Å²) >= 11 is 0. The van der Waals surface area contributed by atoms with E-state index in [1.54, 1.807) is 0 Å². The van der Waals surface area contributed by atoms with Crippen molar-refractivity contribution in [2.75, 3.05) is 18.5 Å². The normalized spacial score (nSPS) is 12.1. The van der Waals surface area contributed by atoms with Gasteiger partial charge in [-0.25, -0.2) is 0 Å². The molecule has 0 saturated heterocycles. The molecule has 0 bridgehead atoms. The van der Waals surface area contributed by atoms with E-state index in [9.17, 15) is 9.90 Å². The monoisotopic (exact) mass is 209 g/mol. The van der Waals surface area contributed by atoms with E-state index in [1.807, 2.05) is 42.3 Å². The van der Waals surface area contributed by atoms with Crippen molar-refractivity contribution in [2.24, 2.45) is 0 Å². The van der Waals surface area contributed by atoms with Crippen LogP contribution in [0.1, 0.15) is 6.42 Å². The minimum atomic E-state index is -0.982. The van der Waals surface area contributed by atoms with Crippen LogP contribution in [0.25, 0.3) is 0 Å². The molecule has 0 heterocycles. The summed E-state index contributed by atoms with van der Waals surface area (Å²) in [6, 6.07) is 9.52. The fraction of sp³-hybridized carbons (Fsp3) is 0.364. The molecule has 0 aliphatic heterocycles. The Morgan fingerprint density at radius 3 is 2.53 bits per heavy atom. The van der Waals surface area contributed by atoms with Gasteiger partial charge >= 0.3 is 5.97 Å². The average molecular weight is 209 g/mol. The Bertz CT molecular complexity index is 313. The van der Waals surface area contributed by atoms with Crippen molar-refractivity contribution in [3.63, 3.8) is 0 Å². The summed E-state index contributed by atoms with van der Waals surface area (Å²) < 4.78 is 0. The summed E-state index contributed by atoms with van der Waals surface area (Å²) in [7, 11) is 1.82.